The molecule has 1 N–H and O–H groups in total. The monoisotopic (exact) mass is 380 g/mol. The van der Waals surface area contributed by atoms with Crippen molar-refractivity contribution in [3.05, 3.63) is 71.6 Å². The van der Waals surface area contributed by atoms with Crippen LogP contribution >= 0.6 is 0 Å². The Bertz CT molecular complexity index is 889. The average molecular weight is 380 g/mol. The van der Waals surface area contributed by atoms with Gasteiger partial charge in [-0.3, -0.25) is 4.79 Å². The van der Waals surface area contributed by atoms with Crippen molar-refractivity contribution in [1.29, 1.82) is 0 Å². The Morgan fingerprint density at radius 1 is 1.11 bits per heavy atom. The van der Waals surface area contributed by atoms with Gasteiger partial charge in [0.2, 0.25) is 11.8 Å². The second-order valence-electron chi connectivity index (χ2n) is 6.33. The van der Waals surface area contributed by atoms with Gasteiger partial charge < -0.3 is 19.2 Å². The van der Waals surface area contributed by atoms with E-state index < -0.39 is 0 Å². The summed E-state index contributed by atoms with van der Waals surface area (Å²) in [4.78, 5) is 16.4. The lowest BCUT2D eigenvalue weighted by atomic mass is 10.1. The Hall–Kier alpha value is -3.12. The molecule has 2 aromatic carbocycles. The van der Waals surface area contributed by atoms with Crippen molar-refractivity contribution in [2.75, 3.05) is 20.3 Å². The largest absolute Gasteiger partial charge is 0.497 e. The zero-order chi connectivity index (χ0) is 19.8. The number of benzene rings is 2. The number of oxazole rings is 1. The number of methoxy groups -OCH3 is 1. The summed E-state index contributed by atoms with van der Waals surface area (Å²) in [6, 6.07) is 17.5. The summed E-state index contributed by atoms with van der Waals surface area (Å²) in [6.45, 7) is 2.62. The van der Waals surface area contributed by atoms with Crippen molar-refractivity contribution in [3.63, 3.8) is 0 Å². The molecule has 1 heterocycles. The molecule has 0 spiro atoms. The SMILES string of the molecule is COc1ccc(-c2nc(COCC(=O)NCCc3ccccc3)c(C)o2)cc1. The van der Waals surface area contributed by atoms with Crippen molar-refractivity contribution in [3.8, 4) is 17.2 Å². The molecular weight excluding hydrogens is 356 g/mol. The van der Waals surface area contributed by atoms with Gasteiger partial charge in [0.15, 0.2) is 0 Å². The zero-order valence-electron chi connectivity index (χ0n) is 16.1. The topological polar surface area (TPSA) is 73.6 Å². The van der Waals surface area contributed by atoms with Gasteiger partial charge >= 0.3 is 0 Å². The van der Waals surface area contributed by atoms with Gasteiger partial charge in [0.25, 0.3) is 0 Å². The highest BCUT2D eigenvalue weighted by molar-refractivity contribution is 5.77. The highest BCUT2D eigenvalue weighted by Gasteiger charge is 2.12. The molecule has 0 aliphatic carbocycles. The normalized spacial score (nSPS) is 10.6. The molecule has 0 aliphatic heterocycles. The molecule has 0 unspecified atom stereocenters. The first-order valence-electron chi connectivity index (χ1n) is 9.15. The van der Waals surface area contributed by atoms with E-state index in [1.165, 1.54) is 5.56 Å². The molecule has 0 atom stereocenters. The number of nitrogens with zero attached hydrogens (tertiary/aromatic N) is 1. The summed E-state index contributed by atoms with van der Waals surface area (Å²) in [5, 5.41) is 2.85. The van der Waals surface area contributed by atoms with E-state index in [1.54, 1.807) is 7.11 Å². The Balaban J connectivity index is 1.44. The zero-order valence-corrected chi connectivity index (χ0v) is 16.1. The third-order valence-corrected chi connectivity index (χ3v) is 4.28. The minimum atomic E-state index is -0.146. The van der Waals surface area contributed by atoms with Gasteiger partial charge in [-0.2, -0.15) is 0 Å². The fraction of sp³-hybridized carbons (Fsp3) is 0.273. The standard InChI is InChI=1S/C22H24N2O4/c1-16-20(24-22(28-16)18-8-10-19(26-2)11-9-18)14-27-15-21(25)23-13-12-17-6-4-3-5-7-17/h3-11H,12-15H2,1-2H3,(H,23,25). The van der Waals surface area contributed by atoms with Crippen molar-refractivity contribution in [2.45, 2.75) is 20.0 Å². The summed E-state index contributed by atoms with van der Waals surface area (Å²) in [5.41, 5.74) is 2.73. The van der Waals surface area contributed by atoms with Crippen LogP contribution in [0.15, 0.2) is 59.0 Å². The number of carbonyl (C=O) groups excluding carboxylic acids is 1. The third kappa shape index (κ3) is 5.44. The third-order valence-electron chi connectivity index (χ3n) is 4.28. The van der Waals surface area contributed by atoms with Gasteiger partial charge in [0, 0.05) is 12.1 Å². The molecule has 0 fully saturated rings. The highest BCUT2D eigenvalue weighted by Crippen LogP contribution is 2.24. The Morgan fingerprint density at radius 3 is 2.57 bits per heavy atom. The molecule has 3 aromatic rings. The molecule has 146 valence electrons. The molecule has 0 radical (unpaired) electrons. The van der Waals surface area contributed by atoms with E-state index in [-0.39, 0.29) is 19.1 Å². The molecular formula is C22H24N2O4. The van der Waals surface area contributed by atoms with Gasteiger partial charge in [-0.25, -0.2) is 4.98 Å². The first-order chi connectivity index (χ1) is 13.7. The lowest BCUT2D eigenvalue weighted by Gasteiger charge is -2.06. The molecule has 1 amide bonds. The van der Waals surface area contributed by atoms with Crippen molar-refractivity contribution >= 4 is 5.91 Å². The Labute approximate surface area is 164 Å². The molecule has 0 aliphatic rings. The number of nitrogens with one attached hydrogen (secondary N) is 1. The van der Waals surface area contributed by atoms with E-state index in [2.05, 4.69) is 10.3 Å². The maximum absolute atomic E-state index is 11.9. The molecule has 0 saturated heterocycles. The van der Waals surface area contributed by atoms with Crippen LogP contribution in [0, 0.1) is 6.92 Å². The molecule has 0 bridgehead atoms. The minimum absolute atomic E-state index is 0.0149. The number of aromatic nitrogens is 1. The quantitative estimate of drug-likeness (QED) is 0.615. The summed E-state index contributed by atoms with van der Waals surface area (Å²) in [5.74, 6) is 1.82. The summed E-state index contributed by atoms with van der Waals surface area (Å²) < 4.78 is 16.4. The van der Waals surface area contributed by atoms with Crippen LogP contribution in [0.5, 0.6) is 5.75 Å². The molecule has 1 aromatic heterocycles. The van der Waals surface area contributed by atoms with Gasteiger partial charge in [-0.1, -0.05) is 30.3 Å². The van der Waals surface area contributed by atoms with Crippen molar-refractivity contribution in [1.82, 2.24) is 10.3 Å². The van der Waals surface area contributed by atoms with Gasteiger partial charge in [0.1, 0.15) is 23.8 Å². The second-order valence-corrected chi connectivity index (χ2v) is 6.33. The number of hydrogen-bond donors (Lipinski definition) is 1. The molecule has 0 saturated carbocycles. The summed E-state index contributed by atoms with van der Waals surface area (Å²) in [7, 11) is 1.62. The van der Waals surface area contributed by atoms with Gasteiger partial charge in [-0.05, 0) is 43.2 Å². The van der Waals surface area contributed by atoms with E-state index in [0.29, 0.717) is 23.9 Å². The number of carbonyl (C=O) groups is 1. The van der Waals surface area contributed by atoms with Crippen LogP contribution in [-0.2, 0) is 22.6 Å². The highest BCUT2D eigenvalue weighted by atomic mass is 16.5. The van der Waals surface area contributed by atoms with E-state index in [0.717, 1.165) is 17.7 Å². The minimum Gasteiger partial charge on any atom is -0.497 e. The average Bonchev–Trinajstić information content (AvgIpc) is 3.09. The van der Waals surface area contributed by atoms with Crippen LogP contribution < -0.4 is 10.1 Å². The van der Waals surface area contributed by atoms with Crippen LogP contribution in [0.1, 0.15) is 17.0 Å². The van der Waals surface area contributed by atoms with Crippen LogP contribution in [0.25, 0.3) is 11.5 Å². The second kappa shape index (κ2) is 9.71. The predicted molar refractivity (Wildman–Crippen MR) is 106 cm³/mol. The molecule has 3 rings (SSSR count). The van der Waals surface area contributed by atoms with Crippen LogP contribution in [0.2, 0.25) is 0 Å². The van der Waals surface area contributed by atoms with Crippen LogP contribution in [0.3, 0.4) is 0 Å². The van der Waals surface area contributed by atoms with Gasteiger partial charge in [-0.15, -0.1) is 0 Å². The number of hydrogen-bond acceptors (Lipinski definition) is 5. The van der Waals surface area contributed by atoms with Crippen molar-refractivity contribution < 1.29 is 18.7 Å². The number of ether oxygens (including phenoxy) is 2. The fourth-order valence-electron chi connectivity index (χ4n) is 2.70. The first kappa shape index (κ1) is 19.6. The summed E-state index contributed by atoms with van der Waals surface area (Å²) in [6.07, 6.45) is 0.792. The van der Waals surface area contributed by atoms with Crippen LogP contribution in [-0.4, -0.2) is 31.2 Å². The van der Waals surface area contributed by atoms with E-state index in [1.807, 2.05) is 61.5 Å². The maximum atomic E-state index is 11.9. The summed E-state index contributed by atoms with van der Waals surface area (Å²) >= 11 is 0. The van der Waals surface area contributed by atoms with Crippen LogP contribution in [0.4, 0.5) is 0 Å². The molecule has 6 nitrogen and oxygen atoms in total. The fourth-order valence-corrected chi connectivity index (χ4v) is 2.70. The number of amides is 1. The Morgan fingerprint density at radius 2 is 1.86 bits per heavy atom. The number of rotatable bonds is 9. The lowest BCUT2D eigenvalue weighted by molar-refractivity contribution is -0.126. The first-order valence-corrected chi connectivity index (χ1v) is 9.15. The number of aryl methyl sites for hydroxylation is 1. The van der Waals surface area contributed by atoms with Crippen molar-refractivity contribution in [2.24, 2.45) is 0 Å². The smallest absolute Gasteiger partial charge is 0.246 e. The maximum Gasteiger partial charge on any atom is 0.246 e. The predicted octanol–water partition coefficient (Wildman–Crippen LogP) is 3.53. The van der Waals surface area contributed by atoms with E-state index >= 15 is 0 Å². The Kier molecular flexibility index (Phi) is 6.81. The van der Waals surface area contributed by atoms with E-state index in [9.17, 15) is 4.79 Å². The van der Waals surface area contributed by atoms with Gasteiger partial charge in [0.05, 0.1) is 13.7 Å². The van der Waals surface area contributed by atoms with E-state index in [4.69, 9.17) is 13.9 Å². The lowest BCUT2D eigenvalue weighted by Crippen LogP contribution is -2.29. The molecule has 6 heteroatoms. The molecule has 28 heavy (non-hydrogen) atoms.